The van der Waals surface area contributed by atoms with E-state index in [1.165, 1.54) is 19.6 Å². The second-order valence-electron chi connectivity index (χ2n) is 7.38. The lowest BCUT2D eigenvalue weighted by Crippen LogP contribution is -2.41. The van der Waals surface area contributed by atoms with Crippen molar-refractivity contribution in [3.63, 3.8) is 0 Å². The topological polar surface area (TPSA) is 113 Å². The minimum Gasteiger partial charge on any atom is -0.495 e. The van der Waals surface area contributed by atoms with Crippen LogP contribution in [0.1, 0.15) is 50.0 Å². The lowest BCUT2D eigenvalue weighted by molar-refractivity contribution is 0.0905. The van der Waals surface area contributed by atoms with Gasteiger partial charge in [0.05, 0.1) is 12.8 Å². The molecule has 1 saturated carbocycles. The van der Waals surface area contributed by atoms with Crippen LogP contribution in [0.3, 0.4) is 0 Å². The molecular formula is C20H28N4O4S. The predicted octanol–water partition coefficient (Wildman–Crippen LogP) is 2.69. The number of aromatic nitrogens is 2. The molecule has 2 aromatic rings. The van der Waals surface area contributed by atoms with E-state index in [0.717, 1.165) is 19.3 Å². The molecule has 1 aliphatic carbocycles. The van der Waals surface area contributed by atoms with E-state index >= 15 is 0 Å². The Balaban J connectivity index is 1.83. The van der Waals surface area contributed by atoms with Crippen molar-refractivity contribution in [2.75, 3.05) is 13.7 Å². The van der Waals surface area contributed by atoms with E-state index in [1.54, 1.807) is 25.1 Å². The Labute approximate surface area is 171 Å². The summed E-state index contributed by atoms with van der Waals surface area (Å²) in [5.74, 6) is 0.501. The molecule has 0 saturated heterocycles. The molecule has 2 atom stereocenters. The van der Waals surface area contributed by atoms with Crippen molar-refractivity contribution in [2.45, 2.75) is 50.5 Å². The molecule has 1 fully saturated rings. The van der Waals surface area contributed by atoms with Gasteiger partial charge in [-0.1, -0.05) is 26.7 Å². The summed E-state index contributed by atoms with van der Waals surface area (Å²) in [6, 6.07) is 6.59. The molecule has 1 aliphatic rings. The van der Waals surface area contributed by atoms with Crippen LogP contribution in [0.15, 0.2) is 29.2 Å². The number of nitrogens with one attached hydrogen (secondary N) is 3. The van der Waals surface area contributed by atoms with E-state index in [2.05, 4.69) is 27.2 Å². The van der Waals surface area contributed by atoms with Gasteiger partial charge in [0.2, 0.25) is 10.0 Å². The van der Waals surface area contributed by atoms with Crippen LogP contribution < -0.4 is 14.8 Å². The van der Waals surface area contributed by atoms with Crippen molar-refractivity contribution in [3.05, 3.63) is 30.0 Å². The highest BCUT2D eigenvalue weighted by Gasteiger charge is 2.24. The van der Waals surface area contributed by atoms with Crippen molar-refractivity contribution in [3.8, 4) is 17.0 Å². The Morgan fingerprint density at radius 1 is 1.28 bits per heavy atom. The number of ether oxygens (including phenoxy) is 1. The van der Waals surface area contributed by atoms with E-state index in [0.29, 0.717) is 22.9 Å². The molecule has 1 aromatic heterocycles. The molecule has 0 spiro atoms. The number of H-pyrrole nitrogens is 1. The largest absolute Gasteiger partial charge is 0.495 e. The molecule has 9 heteroatoms. The molecule has 0 aliphatic heterocycles. The molecule has 3 rings (SSSR count). The summed E-state index contributed by atoms with van der Waals surface area (Å²) in [6.07, 6.45) is 4.43. The second kappa shape index (κ2) is 8.96. The van der Waals surface area contributed by atoms with Crippen LogP contribution in [0.5, 0.6) is 5.75 Å². The van der Waals surface area contributed by atoms with E-state index in [-0.39, 0.29) is 29.1 Å². The fourth-order valence-corrected chi connectivity index (χ4v) is 4.91. The van der Waals surface area contributed by atoms with E-state index in [1.807, 2.05) is 0 Å². The first kappa shape index (κ1) is 21.3. The standard InChI is InChI=1S/C20H28N4O4S/c1-4-21-29(26,27)19-11-14(9-10-18(19)28-3)16-12-17(24-23-16)20(25)22-15-8-6-5-7-13(15)2/h9-13,15,21H,4-8H2,1-3H3,(H,22,25)(H,23,24). The summed E-state index contributed by atoms with van der Waals surface area (Å²) in [6.45, 7) is 4.13. The molecular weight excluding hydrogens is 392 g/mol. The van der Waals surface area contributed by atoms with Crippen molar-refractivity contribution in [1.82, 2.24) is 20.2 Å². The molecule has 29 heavy (non-hydrogen) atoms. The van der Waals surface area contributed by atoms with Gasteiger partial charge in [-0.05, 0) is 43.0 Å². The van der Waals surface area contributed by atoms with Gasteiger partial charge in [0.15, 0.2) is 0 Å². The number of methoxy groups -OCH3 is 1. The number of aromatic amines is 1. The molecule has 3 N–H and O–H groups in total. The maximum atomic E-state index is 12.6. The van der Waals surface area contributed by atoms with Gasteiger partial charge in [-0.2, -0.15) is 5.10 Å². The zero-order valence-corrected chi connectivity index (χ0v) is 17.8. The Morgan fingerprint density at radius 3 is 2.72 bits per heavy atom. The number of nitrogens with zero attached hydrogens (tertiary/aromatic N) is 1. The smallest absolute Gasteiger partial charge is 0.269 e. The third kappa shape index (κ3) is 4.79. The van der Waals surface area contributed by atoms with Crippen LogP contribution in [0, 0.1) is 5.92 Å². The molecule has 8 nitrogen and oxygen atoms in total. The van der Waals surface area contributed by atoms with Crippen molar-refractivity contribution >= 4 is 15.9 Å². The van der Waals surface area contributed by atoms with Gasteiger partial charge in [0.25, 0.3) is 5.91 Å². The fraction of sp³-hybridized carbons (Fsp3) is 0.500. The predicted molar refractivity (Wildman–Crippen MR) is 110 cm³/mol. The lowest BCUT2D eigenvalue weighted by atomic mass is 9.86. The average molecular weight is 421 g/mol. The first-order valence-electron chi connectivity index (χ1n) is 9.90. The maximum Gasteiger partial charge on any atom is 0.269 e. The average Bonchev–Trinajstić information content (AvgIpc) is 3.19. The molecule has 0 bridgehead atoms. The van der Waals surface area contributed by atoms with Gasteiger partial charge in [-0.25, -0.2) is 13.1 Å². The van der Waals surface area contributed by atoms with Crippen LogP contribution >= 0.6 is 0 Å². The van der Waals surface area contributed by atoms with E-state index < -0.39 is 10.0 Å². The molecule has 1 amide bonds. The van der Waals surface area contributed by atoms with Gasteiger partial charge < -0.3 is 10.1 Å². The fourth-order valence-electron chi connectivity index (χ4n) is 3.68. The number of hydrogen-bond donors (Lipinski definition) is 3. The minimum atomic E-state index is -3.71. The SMILES string of the molecule is CCNS(=O)(=O)c1cc(-c2cc(C(=O)NC3CCCCC3C)[nH]n2)ccc1OC. The van der Waals surface area contributed by atoms with Gasteiger partial charge >= 0.3 is 0 Å². The van der Waals surface area contributed by atoms with Crippen LogP contribution in [-0.2, 0) is 10.0 Å². The Kier molecular flexibility index (Phi) is 6.59. The Bertz CT molecular complexity index is 971. The lowest BCUT2D eigenvalue weighted by Gasteiger charge is -2.29. The number of hydrogen-bond acceptors (Lipinski definition) is 5. The zero-order valence-electron chi connectivity index (χ0n) is 17.0. The monoisotopic (exact) mass is 420 g/mol. The first-order valence-corrected chi connectivity index (χ1v) is 11.4. The quantitative estimate of drug-likeness (QED) is 0.637. The van der Waals surface area contributed by atoms with Crippen LogP contribution in [-0.4, -0.2) is 44.2 Å². The third-order valence-corrected chi connectivity index (χ3v) is 6.90. The molecule has 1 heterocycles. The third-order valence-electron chi connectivity index (χ3n) is 5.33. The van der Waals surface area contributed by atoms with Crippen LogP contribution in [0.2, 0.25) is 0 Å². The highest BCUT2D eigenvalue weighted by Crippen LogP contribution is 2.29. The van der Waals surface area contributed by atoms with Crippen molar-refractivity contribution in [1.29, 1.82) is 0 Å². The first-order chi connectivity index (χ1) is 13.9. The van der Waals surface area contributed by atoms with Crippen molar-refractivity contribution in [2.24, 2.45) is 5.92 Å². The summed E-state index contributed by atoms with van der Waals surface area (Å²) in [5, 5.41) is 10.0. The van der Waals surface area contributed by atoms with Crippen LogP contribution in [0.4, 0.5) is 0 Å². The number of carbonyl (C=O) groups is 1. The number of rotatable bonds is 7. The number of carbonyl (C=O) groups excluding carboxylic acids is 1. The van der Waals surface area contributed by atoms with Crippen molar-refractivity contribution < 1.29 is 17.9 Å². The summed E-state index contributed by atoms with van der Waals surface area (Å²) >= 11 is 0. The van der Waals surface area contributed by atoms with E-state index in [9.17, 15) is 13.2 Å². The summed E-state index contributed by atoms with van der Waals surface area (Å²) in [5.41, 5.74) is 1.41. The van der Waals surface area contributed by atoms with Gasteiger partial charge in [-0.15, -0.1) is 0 Å². The molecule has 2 unspecified atom stereocenters. The summed E-state index contributed by atoms with van der Waals surface area (Å²) < 4.78 is 32.6. The molecule has 0 radical (unpaired) electrons. The minimum absolute atomic E-state index is 0.0318. The molecule has 158 valence electrons. The van der Waals surface area contributed by atoms with Gasteiger partial charge in [-0.3, -0.25) is 9.89 Å². The maximum absolute atomic E-state index is 12.6. The summed E-state index contributed by atoms with van der Waals surface area (Å²) in [7, 11) is -2.29. The van der Waals surface area contributed by atoms with Gasteiger partial charge in [0.1, 0.15) is 16.3 Å². The number of sulfonamides is 1. The number of amides is 1. The molecule has 1 aromatic carbocycles. The van der Waals surface area contributed by atoms with Crippen LogP contribution in [0.25, 0.3) is 11.3 Å². The number of benzene rings is 1. The normalized spacial score (nSPS) is 19.7. The zero-order chi connectivity index (χ0) is 21.0. The van der Waals surface area contributed by atoms with E-state index in [4.69, 9.17) is 4.74 Å². The second-order valence-corrected chi connectivity index (χ2v) is 9.11. The summed E-state index contributed by atoms with van der Waals surface area (Å²) in [4.78, 5) is 12.6. The highest BCUT2D eigenvalue weighted by molar-refractivity contribution is 7.89. The van der Waals surface area contributed by atoms with Gasteiger partial charge in [0, 0.05) is 18.2 Å². The highest BCUT2D eigenvalue weighted by atomic mass is 32.2. The Hall–Kier alpha value is -2.39. The Morgan fingerprint density at radius 2 is 2.03 bits per heavy atom.